The van der Waals surface area contributed by atoms with Crippen LogP contribution >= 0.6 is 12.2 Å². The number of nitrogens with one attached hydrogen (secondary N) is 2. The van der Waals surface area contributed by atoms with Crippen molar-refractivity contribution in [3.05, 3.63) is 42.0 Å². The van der Waals surface area contributed by atoms with Gasteiger partial charge in [0.25, 0.3) is 0 Å². The van der Waals surface area contributed by atoms with Crippen molar-refractivity contribution in [2.75, 3.05) is 30.4 Å². The van der Waals surface area contributed by atoms with E-state index in [2.05, 4.69) is 57.8 Å². The highest BCUT2D eigenvalue weighted by molar-refractivity contribution is 7.80. The molecule has 2 aromatic rings. The molecule has 0 unspecified atom stereocenters. The number of hydrogen-bond acceptors (Lipinski definition) is 5. The van der Waals surface area contributed by atoms with Gasteiger partial charge in [-0.25, -0.2) is 0 Å². The highest BCUT2D eigenvalue weighted by Gasteiger charge is 2.35. The number of hydrogen-bond donors (Lipinski definition) is 2. The Morgan fingerprint density at radius 3 is 2.65 bits per heavy atom. The van der Waals surface area contributed by atoms with E-state index in [0.717, 1.165) is 18.9 Å². The van der Waals surface area contributed by atoms with Crippen LogP contribution in [0.4, 0.5) is 11.8 Å². The van der Waals surface area contributed by atoms with Gasteiger partial charge in [0.15, 0.2) is 5.11 Å². The second-order valence-electron chi connectivity index (χ2n) is 8.79. The Balaban J connectivity index is 1.45. The zero-order chi connectivity index (χ0) is 21.7. The molecule has 1 atom stereocenters. The number of nitrogens with zero attached hydrogens (tertiary/aromatic N) is 3. The van der Waals surface area contributed by atoms with E-state index in [4.69, 9.17) is 21.9 Å². The fourth-order valence-corrected chi connectivity index (χ4v) is 5.13. The highest BCUT2D eigenvalue weighted by Crippen LogP contribution is 2.40. The van der Waals surface area contributed by atoms with Gasteiger partial charge in [0.2, 0.25) is 11.8 Å². The molecule has 2 fully saturated rings. The molecule has 1 saturated carbocycles. The van der Waals surface area contributed by atoms with Crippen molar-refractivity contribution >= 4 is 29.1 Å². The van der Waals surface area contributed by atoms with Gasteiger partial charge in [-0.3, -0.25) is 0 Å². The molecule has 0 spiro atoms. The number of thiocarbonyl (C=S) groups is 1. The molecule has 31 heavy (non-hydrogen) atoms. The Hall–Kier alpha value is -2.41. The molecule has 0 amide bonds. The largest absolute Gasteiger partial charge is 0.481 e. The van der Waals surface area contributed by atoms with Crippen LogP contribution < -0.4 is 20.3 Å². The molecule has 1 saturated heterocycles. The van der Waals surface area contributed by atoms with Gasteiger partial charge in [-0.15, -0.1) is 0 Å². The minimum absolute atomic E-state index is 0.136. The van der Waals surface area contributed by atoms with Crippen LogP contribution in [0.5, 0.6) is 5.88 Å². The summed E-state index contributed by atoms with van der Waals surface area (Å²) in [5, 5.41) is 7.19. The number of piperidine rings is 1. The average Bonchev–Trinajstić information content (AvgIpc) is 3.29. The van der Waals surface area contributed by atoms with Crippen molar-refractivity contribution < 1.29 is 4.74 Å². The molecule has 1 aromatic carbocycles. The predicted molar refractivity (Wildman–Crippen MR) is 130 cm³/mol. The van der Waals surface area contributed by atoms with Crippen LogP contribution in [-0.4, -0.2) is 41.3 Å². The van der Waals surface area contributed by atoms with Crippen molar-refractivity contribution in [1.29, 1.82) is 0 Å². The van der Waals surface area contributed by atoms with E-state index >= 15 is 0 Å². The van der Waals surface area contributed by atoms with E-state index < -0.39 is 0 Å². The standard InChI is InChI=1S/C24H33N5OS/c1-18-10-6-9-15-29(18)20-16-21(30-2)27-22(26-20)28-23(31)25-17-24(13-7-8-14-24)19-11-4-3-5-12-19/h3-5,11-12,16,18H,6-10,13-15,17H2,1-2H3,(H2,25,26,27,28,31)/t18-/m1/s1. The van der Waals surface area contributed by atoms with E-state index in [1.807, 2.05) is 6.07 Å². The molecule has 6 nitrogen and oxygen atoms in total. The molecule has 0 radical (unpaired) electrons. The van der Waals surface area contributed by atoms with Gasteiger partial charge in [0, 0.05) is 30.6 Å². The number of aromatic nitrogens is 2. The summed E-state index contributed by atoms with van der Waals surface area (Å²) in [4.78, 5) is 11.5. The molecular formula is C24H33N5OS. The molecule has 0 bridgehead atoms. The molecule has 2 N–H and O–H groups in total. The smallest absolute Gasteiger partial charge is 0.234 e. The Morgan fingerprint density at radius 1 is 1.16 bits per heavy atom. The molecule has 7 heteroatoms. The summed E-state index contributed by atoms with van der Waals surface area (Å²) in [6, 6.07) is 13.2. The first-order valence-electron chi connectivity index (χ1n) is 11.4. The third-order valence-corrected chi connectivity index (χ3v) is 7.00. The fraction of sp³-hybridized carbons (Fsp3) is 0.542. The molecule has 1 aromatic heterocycles. The number of benzene rings is 1. The first-order chi connectivity index (χ1) is 15.1. The predicted octanol–water partition coefficient (Wildman–Crippen LogP) is 4.66. The number of anilines is 2. The van der Waals surface area contributed by atoms with Crippen LogP contribution in [0.1, 0.15) is 57.4 Å². The highest BCUT2D eigenvalue weighted by atomic mass is 32.1. The Morgan fingerprint density at radius 2 is 1.94 bits per heavy atom. The monoisotopic (exact) mass is 439 g/mol. The number of rotatable bonds is 6. The molecule has 1 aliphatic carbocycles. The molecule has 1 aliphatic heterocycles. The summed E-state index contributed by atoms with van der Waals surface area (Å²) in [7, 11) is 1.63. The van der Waals surface area contributed by atoms with Gasteiger partial charge in [-0.05, 0) is 56.8 Å². The fourth-order valence-electron chi connectivity index (χ4n) is 4.97. The van der Waals surface area contributed by atoms with Crippen LogP contribution in [0.15, 0.2) is 36.4 Å². The van der Waals surface area contributed by atoms with E-state index in [1.54, 1.807) is 7.11 Å². The summed E-state index contributed by atoms with van der Waals surface area (Å²) < 4.78 is 5.44. The zero-order valence-corrected chi connectivity index (χ0v) is 19.4. The van der Waals surface area contributed by atoms with Crippen LogP contribution in [0.2, 0.25) is 0 Å². The molecule has 166 valence electrons. The molecule has 4 rings (SSSR count). The summed E-state index contributed by atoms with van der Waals surface area (Å²) in [6.45, 7) is 4.06. The minimum atomic E-state index is 0.136. The second kappa shape index (κ2) is 9.81. The van der Waals surface area contributed by atoms with Gasteiger partial charge < -0.3 is 20.3 Å². The molecule has 2 heterocycles. The maximum Gasteiger partial charge on any atom is 0.234 e. The zero-order valence-electron chi connectivity index (χ0n) is 18.6. The Bertz CT molecular complexity index is 885. The lowest BCUT2D eigenvalue weighted by atomic mass is 9.79. The maximum atomic E-state index is 5.62. The third-order valence-electron chi connectivity index (χ3n) is 6.75. The quantitative estimate of drug-likeness (QED) is 0.635. The molecule has 2 aliphatic rings. The van der Waals surface area contributed by atoms with Crippen molar-refractivity contribution in [3.63, 3.8) is 0 Å². The average molecular weight is 440 g/mol. The second-order valence-corrected chi connectivity index (χ2v) is 9.20. The van der Waals surface area contributed by atoms with Crippen molar-refractivity contribution in [2.24, 2.45) is 0 Å². The molecular weight excluding hydrogens is 406 g/mol. The van der Waals surface area contributed by atoms with E-state index in [0.29, 0.717) is 23.0 Å². The van der Waals surface area contributed by atoms with Crippen LogP contribution in [0, 0.1) is 0 Å². The van der Waals surface area contributed by atoms with Gasteiger partial charge in [0.05, 0.1) is 7.11 Å². The first-order valence-corrected chi connectivity index (χ1v) is 11.8. The third kappa shape index (κ3) is 5.09. The summed E-state index contributed by atoms with van der Waals surface area (Å²) >= 11 is 5.62. The number of ether oxygens (including phenoxy) is 1. The summed E-state index contributed by atoms with van der Waals surface area (Å²) in [6.07, 6.45) is 8.50. The lowest BCUT2D eigenvalue weighted by Crippen LogP contribution is -2.41. The number of methoxy groups -OCH3 is 1. The normalized spacial score (nSPS) is 20.3. The van der Waals surface area contributed by atoms with Crippen LogP contribution in [-0.2, 0) is 5.41 Å². The van der Waals surface area contributed by atoms with Gasteiger partial charge in [-0.2, -0.15) is 9.97 Å². The summed E-state index contributed by atoms with van der Waals surface area (Å²) in [5.41, 5.74) is 1.53. The van der Waals surface area contributed by atoms with E-state index in [9.17, 15) is 0 Å². The van der Waals surface area contributed by atoms with Gasteiger partial charge in [-0.1, -0.05) is 43.2 Å². The maximum absolute atomic E-state index is 5.62. The topological polar surface area (TPSA) is 62.3 Å². The summed E-state index contributed by atoms with van der Waals surface area (Å²) in [5.74, 6) is 1.91. The lowest BCUT2D eigenvalue weighted by Gasteiger charge is -2.34. The SMILES string of the molecule is COc1cc(N2CCCC[C@H]2C)nc(NC(=S)NCC2(c3ccccc3)CCCC2)n1. The van der Waals surface area contributed by atoms with E-state index in [1.165, 1.54) is 50.5 Å². The minimum Gasteiger partial charge on any atom is -0.481 e. The van der Waals surface area contributed by atoms with Crippen LogP contribution in [0.3, 0.4) is 0 Å². The van der Waals surface area contributed by atoms with Crippen LogP contribution in [0.25, 0.3) is 0 Å². The van der Waals surface area contributed by atoms with Crippen molar-refractivity contribution in [1.82, 2.24) is 15.3 Å². The Labute approximate surface area is 190 Å². The van der Waals surface area contributed by atoms with E-state index in [-0.39, 0.29) is 5.41 Å². The van der Waals surface area contributed by atoms with Gasteiger partial charge >= 0.3 is 0 Å². The van der Waals surface area contributed by atoms with Gasteiger partial charge in [0.1, 0.15) is 5.82 Å². The first kappa shape index (κ1) is 21.8. The Kier molecular flexibility index (Phi) is 6.90. The van der Waals surface area contributed by atoms with Crippen molar-refractivity contribution in [2.45, 2.75) is 63.3 Å². The van der Waals surface area contributed by atoms with Crippen molar-refractivity contribution in [3.8, 4) is 5.88 Å². The lowest BCUT2D eigenvalue weighted by molar-refractivity contribution is 0.396.